The predicted molar refractivity (Wildman–Crippen MR) is 104 cm³/mol. The molecule has 6 nitrogen and oxygen atoms in total. The number of hydrogen-bond acceptors (Lipinski definition) is 5. The summed E-state index contributed by atoms with van der Waals surface area (Å²) in [6.45, 7) is 5.50. The van der Waals surface area contributed by atoms with E-state index in [1.165, 1.54) is 0 Å². The van der Waals surface area contributed by atoms with E-state index in [1.54, 1.807) is 24.5 Å². The molecule has 0 spiro atoms. The van der Waals surface area contributed by atoms with Crippen molar-refractivity contribution in [2.45, 2.75) is 25.9 Å². The summed E-state index contributed by atoms with van der Waals surface area (Å²) >= 11 is 0. The van der Waals surface area contributed by atoms with Crippen molar-refractivity contribution in [2.24, 2.45) is 0 Å². The van der Waals surface area contributed by atoms with E-state index >= 15 is 0 Å². The number of benzene rings is 1. The number of aliphatic hydroxyl groups excluding tert-OH is 1. The van der Waals surface area contributed by atoms with E-state index in [1.807, 2.05) is 30.0 Å². The molecule has 2 aromatic rings. The fourth-order valence-corrected chi connectivity index (χ4v) is 3.54. The lowest BCUT2D eigenvalue weighted by atomic mass is 10.1. The molecule has 6 heteroatoms. The van der Waals surface area contributed by atoms with Crippen LogP contribution in [0.2, 0.25) is 0 Å². The molecule has 1 aliphatic heterocycles. The molecule has 0 bridgehead atoms. The van der Waals surface area contributed by atoms with E-state index in [0.717, 1.165) is 24.4 Å². The Morgan fingerprint density at radius 1 is 1.22 bits per heavy atom. The molecule has 1 aromatic carbocycles. The van der Waals surface area contributed by atoms with Crippen molar-refractivity contribution in [3.63, 3.8) is 0 Å². The topological polar surface area (TPSA) is 65.9 Å². The van der Waals surface area contributed by atoms with E-state index < -0.39 is 0 Å². The number of rotatable bonds is 7. The minimum Gasteiger partial charge on any atom is -0.494 e. The molecule has 1 amide bonds. The van der Waals surface area contributed by atoms with E-state index in [0.29, 0.717) is 31.7 Å². The number of aliphatic hydroxyl groups is 1. The number of amides is 1. The van der Waals surface area contributed by atoms with Crippen LogP contribution in [-0.4, -0.2) is 64.7 Å². The van der Waals surface area contributed by atoms with Crippen LogP contribution < -0.4 is 4.74 Å². The molecule has 27 heavy (non-hydrogen) atoms. The monoisotopic (exact) mass is 369 g/mol. The highest BCUT2D eigenvalue weighted by atomic mass is 16.5. The van der Waals surface area contributed by atoms with Crippen molar-refractivity contribution < 1.29 is 14.6 Å². The first-order valence-corrected chi connectivity index (χ1v) is 9.47. The Hall–Kier alpha value is -2.44. The number of carbonyl (C=O) groups excluding carboxylic acids is 1. The maximum absolute atomic E-state index is 12.8. The summed E-state index contributed by atoms with van der Waals surface area (Å²) in [5.41, 5.74) is 1.79. The number of aromatic nitrogens is 1. The summed E-state index contributed by atoms with van der Waals surface area (Å²) < 4.78 is 5.74. The lowest BCUT2D eigenvalue weighted by Crippen LogP contribution is -2.54. The summed E-state index contributed by atoms with van der Waals surface area (Å²) in [5.74, 6) is 0.924. The smallest absolute Gasteiger partial charge is 0.254 e. The van der Waals surface area contributed by atoms with E-state index in [2.05, 4.69) is 16.0 Å². The summed E-state index contributed by atoms with van der Waals surface area (Å²) in [6, 6.07) is 11.7. The summed E-state index contributed by atoms with van der Waals surface area (Å²) in [6.07, 6.45) is 3.91. The molecule has 1 aromatic heterocycles. The maximum Gasteiger partial charge on any atom is 0.254 e. The molecule has 1 atom stereocenters. The second-order valence-electron chi connectivity index (χ2n) is 6.66. The van der Waals surface area contributed by atoms with Crippen LogP contribution in [0.3, 0.4) is 0 Å². The third-order valence-electron chi connectivity index (χ3n) is 4.93. The van der Waals surface area contributed by atoms with Crippen LogP contribution in [0, 0.1) is 0 Å². The Bertz CT molecular complexity index is 738. The molecule has 144 valence electrons. The van der Waals surface area contributed by atoms with Gasteiger partial charge in [-0.2, -0.15) is 0 Å². The highest BCUT2D eigenvalue weighted by Gasteiger charge is 2.30. The van der Waals surface area contributed by atoms with Gasteiger partial charge in [0, 0.05) is 62.3 Å². The second kappa shape index (κ2) is 9.48. The van der Waals surface area contributed by atoms with Gasteiger partial charge in [0.15, 0.2) is 0 Å². The van der Waals surface area contributed by atoms with Gasteiger partial charge < -0.3 is 14.7 Å². The van der Waals surface area contributed by atoms with Crippen molar-refractivity contribution in [1.82, 2.24) is 14.8 Å². The number of nitrogens with zero attached hydrogens (tertiary/aromatic N) is 3. The van der Waals surface area contributed by atoms with Gasteiger partial charge in [0.05, 0.1) is 6.61 Å². The van der Waals surface area contributed by atoms with Gasteiger partial charge in [-0.25, -0.2) is 0 Å². The number of piperazine rings is 1. The number of pyridine rings is 1. The highest BCUT2D eigenvalue weighted by Crippen LogP contribution is 2.24. The Balaban J connectivity index is 1.70. The van der Waals surface area contributed by atoms with Crippen molar-refractivity contribution in [3.8, 4) is 5.75 Å². The minimum absolute atomic E-state index is 0.0229. The van der Waals surface area contributed by atoms with Crippen LogP contribution in [0.4, 0.5) is 0 Å². The Morgan fingerprint density at radius 2 is 2.00 bits per heavy atom. The molecule has 0 aliphatic carbocycles. The van der Waals surface area contributed by atoms with Gasteiger partial charge in [-0.1, -0.05) is 18.2 Å². The number of ether oxygens (including phenoxy) is 1. The molecule has 1 unspecified atom stereocenters. The first-order valence-electron chi connectivity index (χ1n) is 9.47. The van der Waals surface area contributed by atoms with Gasteiger partial charge in [0.25, 0.3) is 5.91 Å². The Kier molecular flexibility index (Phi) is 6.79. The SMILES string of the molecule is CCOc1ccccc1CN1CCN(C(=O)c2ccncc2)CC1CCO. The lowest BCUT2D eigenvalue weighted by Gasteiger charge is -2.41. The third kappa shape index (κ3) is 4.84. The molecular formula is C21H27N3O3. The average Bonchev–Trinajstić information content (AvgIpc) is 2.71. The zero-order valence-electron chi connectivity index (χ0n) is 15.8. The van der Waals surface area contributed by atoms with Gasteiger partial charge in [-0.3, -0.25) is 14.7 Å². The lowest BCUT2D eigenvalue weighted by molar-refractivity contribution is 0.0392. The van der Waals surface area contributed by atoms with Crippen LogP contribution in [0.5, 0.6) is 5.75 Å². The highest BCUT2D eigenvalue weighted by molar-refractivity contribution is 5.94. The van der Waals surface area contributed by atoms with Crippen molar-refractivity contribution in [1.29, 1.82) is 0 Å². The molecule has 0 radical (unpaired) electrons. The van der Waals surface area contributed by atoms with Crippen LogP contribution in [0.25, 0.3) is 0 Å². The molecule has 3 rings (SSSR count). The number of hydrogen-bond donors (Lipinski definition) is 1. The van der Waals surface area contributed by atoms with Gasteiger partial charge in [-0.05, 0) is 31.5 Å². The van der Waals surface area contributed by atoms with Crippen LogP contribution in [0.15, 0.2) is 48.8 Å². The average molecular weight is 369 g/mol. The largest absolute Gasteiger partial charge is 0.494 e. The van der Waals surface area contributed by atoms with Crippen LogP contribution >= 0.6 is 0 Å². The fraction of sp³-hybridized carbons (Fsp3) is 0.429. The van der Waals surface area contributed by atoms with Crippen molar-refractivity contribution in [3.05, 3.63) is 59.9 Å². The normalized spacial score (nSPS) is 17.7. The predicted octanol–water partition coefficient (Wildman–Crippen LogP) is 2.19. The molecule has 2 heterocycles. The van der Waals surface area contributed by atoms with Gasteiger partial charge in [-0.15, -0.1) is 0 Å². The zero-order valence-corrected chi connectivity index (χ0v) is 15.8. The number of para-hydroxylation sites is 1. The molecule has 1 aliphatic rings. The summed E-state index contributed by atoms with van der Waals surface area (Å²) in [5, 5.41) is 9.52. The first-order chi connectivity index (χ1) is 13.2. The van der Waals surface area contributed by atoms with Gasteiger partial charge >= 0.3 is 0 Å². The van der Waals surface area contributed by atoms with E-state index in [9.17, 15) is 9.90 Å². The Morgan fingerprint density at radius 3 is 2.74 bits per heavy atom. The van der Waals surface area contributed by atoms with E-state index in [-0.39, 0.29) is 18.6 Å². The summed E-state index contributed by atoms with van der Waals surface area (Å²) in [4.78, 5) is 20.9. The first kappa shape index (κ1) is 19.3. The molecule has 0 saturated carbocycles. The van der Waals surface area contributed by atoms with E-state index in [4.69, 9.17) is 4.74 Å². The molecular weight excluding hydrogens is 342 g/mol. The fourth-order valence-electron chi connectivity index (χ4n) is 3.54. The van der Waals surface area contributed by atoms with Crippen molar-refractivity contribution in [2.75, 3.05) is 32.8 Å². The maximum atomic E-state index is 12.8. The molecule has 1 fully saturated rings. The van der Waals surface area contributed by atoms with Gasteiger partial charge in [0.2, 0.25) is 0 Å². The van der Waals surface area contributed by atoms with Gasteiger partial charge in [0.1, 0.15) is 5.75 Å². The second-order valence-corrected chi connectivity index (χ2v) is 6.66. The Labute approximate surface area is 160 Å². The quantitative estimate of drug-likeness (QED) is 0.810. The van der Waals surface area contributed by atoms with Crippen LogP contribution in [-0.2, 0) is 6.54 Å². The third-order valence-corrected chi connectivity index (χ3v) is 4.93. The number of carbonyl (C=O) groups is 1. The molecule has 1 N–H and O–H groups in total. The summed E-state index contributed by atoms with van der Waals surface area (Å²) in [7, 11) is 0. The minimum atomic E-state index is 0.0229. The zero-order chi connectivity index (χ0) is 19.1. The van der Waals surface area contributed by atoms with Crippen molar-refractivity contribution >= 4 is 5.91 Å². The van der Waals surface area contributed by atoms with Crippen LogP contribution in [0.1, 0.15) is 29.3 Å². The standard InChI is InChI=1S/C21H27N3O3/c1-2-27-20-6-4-3-5-18(20)15-23-12-13-24(16-19(23)9-14-25)21(26)17-7-10-22-11-8-17/h3-8,10-11,19,25H,2,9,12-16H2,1H3. The molecule has 1 saturated heterocycles.